The lowest BCUT2D eigenvalue weighted by atomic mass is 9.91. The molecule has 120 valence electrons. The zero-order valence-corrected chi connectivity index (χ0v) is 13.5. The third-order valence-electron chi connectivity index (χ3n) is 3.68. The molecular formula is C17H24N2O3. The third-order valence-corrected chi connectivity index (χ3v) is 3.68. The summed E-state index contributed by atoms with van der Waals surface area (Å²) in [6, 6.07) is 7.60. The number of amides is 1. The lowest BCUT2D eigenvalue weighted by molar-refractivity contribution is -0.00996. The summed E-state index contributed by atoms with van der Waals surface area (Å²) in [4.78, 5) is 17.8. The van der Waals surface area contributed by atoms with Crippen LogP contribution in [0.4, 0.5) is 4.79 Å². The summed E-state index contributed by atoms with van der Waals surface area (Å²) < 4.78 is 5.48. The number of aliphatic imine (C=N–C) groups is 1. The monoisotopic (exact) mass is 304 g/mol. The molecule has 5 nitrogen and oxygen atoms in total. The van der Waals surface area contributed by atoms with Crippen molar-refractivity contribution in [3.63, 3.8) is 0 Å². The lowest BCUT2D eigenvalue weighted by Crippen LogP contribution is -2.52. The van der Waals surface area contributed by atoms with E-state index >= 15 is 0 Å². The van der Waals surface area contributed by atoms with Gasteiger partial charge in [-0.2, -0.15) is 0 Å². The molecule has 1 aliphatic rings. The highest BCUT2D eigenvalue weighted by Gasteiger charge is 2.36. The van der Waals surface area contributed by atoms with Crippen LogP contribution in [0.3, 0.4) is 0 Å². The molecule has 0 fully saturated rings. The summed E-state index contributed by atoms with van der Waals surface area (Å²) in [6.45, 7) is 9.56. The number of nitrogens with zero attached hydrogens (tertiary/aromatic N) is 2. The summed E-state index contributed by atoms with van der Waals surface area (Å²) in [5, 5.41) is 10.3. The second-order valence-corrected chi connectivity index (χ2v) is 6.62. The molecular weight excluding hydrogens is 280 g/mol. The molecule has 1 aliphatic heterocycles. The maximum atomic E-state index is 12.5. The van der Waals surface area contributed by atoms with Gasteiger partial charge in [0.25, 0.3) is 0 Å². The maximum Gasteiger partial charge on any atom is 0.410 e. The Labute approximate surface area is 131 Å². The molecule has 0 radical (unpaired) electrons. The second kappa shape index (κ2) is 6.48. The molecule has 0 saturated heterocycles. The van der Waals surface area contributed by atoms with Crippen molar-refractivity contribution in [1.29, 1.82) is 0 Å². The lowest BCUT2D eigenvalue weighted by Gasteiger charge is -2.39. The highest BCUT2D eigenvalue weighted by molar-refractivity contribution is 5.69. The number of aliphatic hydroxyl groups excluding tert-OH is 1. The number of benzene rings is 1. The smallest absolute Gasteiger partial charge is 0.410 e. The van der Waals surface area contributed by atoms with Crippen LogP contribution in [0.15, 0.2) is 29.3 Å². The van der Waals surface area contributed by atoms with E-state index in [1.165, 1.54) is 0 Å². The Kier molecular flexibility index (Phi) is 4.86. The molecule has 0 saturated carbocycles. The number of carbonyl (C=O) groups excluding carboxylic acids is 1. The standard InChI is InChI=1S/C17H24N2O3/c1-17(2,3)22-16(21)19-11-13-8-6-5-7-12(13)9-14(19)15(20)10-18-4/h5-8,14-15,20H,4,9-11H2,1-3H3/t14-,15+/m1/s1. The van der Waals surface area contributed by atoms with Crippen LogP contribution in [0.5, 0.6) is 0 Å². The van der Waals surface area contributed by atoms with Gasteiger partial charge in [0.15, 0.2) is 0 Å². The third kappa shape index (κ3) is 3.85. The first-order chi connectivity index (χ1) is 10.3. The Bertz CT molecular complexity index is 551. The number of hydrogen-bond acceptors (Lipinski definition) is 4. The van der Waals surface area contributed by atoms with Crippen LogP contribution < -0.4 is 0 Å². The Hall–Kier alpha value is -1.88. The fourth-order valence-corrected chi connectivity index (χ4v) is 2.67. The summed E-state index contributed by atoms with van der Waals surface area (Å²) in [5.74, 6) is 0. The number of hydrogen-bond donors (Lipinski definition) is 1. The van der Waals surface area contributed by atoms with Crippen LogP contribution in [-0.2, 0) is 17.7 Å². The molecule has 2 rings (SSSR count). The molecule has 1 aromatic rings. The number of carbonyl (C=O) groups is 1. The SMILES string of the molecule is C=NC[C@H](O)[C@H]1Cc2ccccc2CN1C(=O)OC(C)(C)C. The van der Waals surface area contributed by atoms with Crippen LogP contribution in [-0.4, -0.2) is 47.1 Å². The summed E-state index contributed by atoms with van der Waals surface area (Å²) in [7, 11) is 0. The number of fused-ring (bicyclic) bond motifs is 1. The quantitative estimate of drug-likeness (QED) is 0.872. The molecule has 0 unspecified atom stereocenters. The first-order valence-corrected chi connectivity index (χ1v) is 7.49. The highest BCUT2D eigenvalue weighted by Crippen LogP contribution is 2.27. The average Bonchev–Trinajstić information content (AvgIpc) is 2.44. The van der Waals surface area contributed by atoms with E-state index in [0.717, 1.165) is 11.1 Å². The molecule has 1 heterocycles. The van der Waals surface area contributed by atoms with Crippen molar-refractivity contribution in [2.24, 2.45) is 4.99 Å². The van der Waals surface area contributed by atoms with E-state index in [0.29, 0.717) is 13.0 Å². The van der Waals surface area contributed by atoms with Crippen molar-refractivity contribution in [3.8, 4) is 0 Å². The minimum atomic E-state index is -0.752. The Balaban J connectivity index is 2.27. The molecule has 0 bridgehead atoms. The van der Waals surface area contributed by atoms with Crippen molar-refractivity contribution in [2.75, 3.05) is 6.54 Å². The fourth-order valence-electron chi connectivity index (χ4n) is 2.67. The first kappa shape index (κ1) is 16.5. The van der Waals surface area contributed by atoms with Crippen molar-refractivity contribution >= 4 is 12.8 Å². The van der Waals surface area contributed by atoms with Crippen LogP contribution in [0.1, 0.15) is 31.9 Å². The van der Waals surface area contributed by atoms with Gasteiger partial charge in [0, 0.05) is 6.54 Å². The van der Waals surface area contributed by atoms with Crippen LogP contribution in [0, 0.1) is 0 Å². The second-order valence-electron chi connectivity index (χ2n) is 6.62. The zero-order valence-electron chi connectivity index (χ0n) is 13.5. The number of aliphatic hydroxyl groups is 1. The Morgan fingerprint density at radius 1 is 1.45 bits per heavy atom. The zero-order chi connectivity index (χ0) is 16.3. The van der Waals surface area contributed by atoms with Crippen LogP contribution in [0.25, 0.3) is 0 Å². The minimum absolute atomic E-state index is 0.201. The van der Waals surface area contributed by atoms with E-state index in [1.54, 1.807) is 4.90 Å². The van der Waals surface area contributed by atoms with E-state index in [4.69, 9.17) is 4.74 Å². The van der Waals surface area contributed by atoms with Crippen molar-refractivity contribution < 1.29 is 14.6 Å². The normalized spacial score (nSPS) is 19.3. The van der Waals surface area contributed by atoms with Gasteiger partial charge >= 0.3 is 6.09 Å². The molecule has 1 aromatic carbocycles. The Morgan fingerprint density at radius 3 is 2.68 bits per heavy atom. The van der Waals surface area contributed by atoms with Crippen molar-refractivity contribution in [2.45, 2.75) is 51.5 Å². The van der Waals surface area contributed by atoms with Gasteiger partial charge < -0.3 is 9.84 Å². The summed E-state index contributed by atoms with van der Waals surface area (Å²) >= 11 is 0. The van der Waals surface area contributed by atoms with Crippen LogP contribution >= 0.6 is 0 Å². The van der Waals surface area contributed by atoms with Gasteiger partial charge in [-0.3, -0.25) is 9.89 Å². The predicted molar refractivity (Wildman–Crippen MR) is 86.1 cm³/mol. The minimum Gasteiger partial charge on any atom is -0.444 e. The summed E-state index contributed by atoms with van der Waals surface area (Å²) in [5.41, 5.74) is 1.67. The largest absolute Gasteiger partial charge is 0.444 e. The van der Waals surface area contributed by atoms with Gasteiger partial charge in [0.1, 0.15) is 5.60 Å². The molecule has 1 amide bonds. The molecule has 0 spiro atoms. The first-order valence-electron chi connectivity index (χ1n) is 7.49. The predicted octanol–water partition coefficient (Wildman–Crippen LogP) is 2.41. The Morgan fingerprint density at radius 2 is 2.09 bits per heavy atom. The highest BCUT2D eigenvalue weighted by atomic mass is 16.6. The van der Waals surface area contributed by atoms with Crippen LogP contribution in [0.2, 0.25) is 0 Å². The molecule has 1 N–H and O–H groups in total. The molecule has 2 atom stereocenters. The molecule has 22 heavy (non-hydrogen) atoms. The molecule has 0 aromatic heterocycles. The van der Waals surface area contributed by atoms with E-state index in [-0.39, 0.29) is 12.6 Å². The molecule has 0 aliphatic carbocycles. The van der Waals surface area contributed by atoms with Gasteiger partial charge in [0.05, 0.1) is 18.7 Å². The number of ether oxygens (including phenoxy) is 1. The van der Waals surface area contributed by atoms with E-state index in [9.17, 15) is 9.90 Å². The van der Waals surface area contributed by atoms with Crippen molar-refractivity contribution in [1.82, 2.24) is 4.90 Å². The average molecular weight is 304 g/mol. The van der Waals surface area contributed by atoms with Gasteiger partial charge in [0.2, 0.25) is 0 Å². The molecule has 5 heteroatoms. The van der Waals surface area contributed by atoms with E-state index < -0.39 is 17.8 Å². The fraction of sp³-hybridized carbons (Fsp3) is 0.529. The van der Waals surface area contributed by atoms with E-state index in [2.05, 4.69) is 11.7 Å². The van der Waals surface area contributed by atoms with Gasteiger partial charge in [-0.25, -0.2) is 4.79 Å². The number of rotatable bonds is 3. The topological polar surface area (TPSA) is 62.1 Å². The van der Waals surface area contributed by atoms with E-state index in [1.807, 2.05) is 45.0 Å². The van der Waals surface area contributed by atoms with Gasteiger partial charge in [-0.1, -0.05) is 24.3 Å². The maximum absolute atomic E-state index is 12.5. The summed E-state index contributed by atoms with van der Waals surface area (Å²) in [6.07, 6.45) is -0.569. The van der Waals surface area contributed by atoms with Gasteiger partial charge in [-0.15, -0.1) is 0 Å². The van der Waals surface area contributed by atoms with Crippen molar-refractivity contribution in [3.05, 3.63) is 35.4 Å². The van der Waals surface area contributed by atoms with Gasteiger partial charge in [-0.05, 0) is 45.0 Å².